The van der Waals surface area contributed by atoms with E-state index in [1.165, 1.54) is 0 Å². The second kappa shape index (κ2) is 5.41. The van der Waals surface area contributed by atoms with Crippen LogP contribution in [0.15, 0.2) is 0 Å². The first kappa shape index (κ1) is 13.5. The number of ether oxygens (including phenoxy) is 1. The standard InChI is InChI=1S/C6H12FO6P/c1-4(8)13-3-5(9)2-6(7)14(10,11)12/h5-6,9H,2-3H2,1H3,(H2,10,11,12)/t5-,6?/m0/s1. The molecule has 0 rings (SSSR count). The minimum Gasteiger partial charge on any atom is -0.463 e. The monoisotopic (exact) mass is 230 g/mol. The Morgan fingerprint density at radius 1 is 1.57 bits per heavy atom. The molecule has 0 heterocycles. The van der Waals surface area contributed by atoms with Crippen molar-refractivity contribution in [2.75, 3.05) is 6.61 Å². The third kappa shape index (κ3) is 6.04. The maximum atomic E-state index is 12.6. The van der Waals surface area contributed by atoms with E-state index in [0.717, 1.165) is 6.92 Å². The average molecular weight is 230 g/mol. The molecule has 0 aromatic heterocycles. The Bertz CT molecular complexity index is 238. The summed E-state index contributed by atoms with van der Waals surface area (Å²) in [6.07, 6.45) is -2.18. The van der Waals surface area contributed by atoms with Crippen LogP contribution in [0.5, 0.6) is 0 Å². The van der Waals surface area contributed by atoms with E-state index in [-0.39, 0.29) is 0 Å². The van der Waals surface area contributed by atoms with Crippen molar-refractivity contribution in [3.8, 4) is 0 Å². The van der Waals surface area contributed by atoms with E-state index in [1.807, 2.05) is 0 Å². The minimum absolute atomic E-state index is 0.476. The van der Waals surface area contributed by atoms with Crippen LogP contribution in [0.4, 0.5) is 4.39 Å². The van der Waals surface area contributed by atoms with Gasteiger partial charge in [0.2, 0.25) is 5.91 Å². The Hall–Kier alpha value is -0.490. The molecule has 0 aliphatic carbocycles. The van der Waals surface area contributed by atoms with Gasteiger partial charge in [-0.2, -0.15) is 0 Å². The van der Waals surface area contributed by atoms with Gasteiger partial charge in [-0.15, -0.1) is 0 Å². The lowest BCUT2D eigenvalue weighted by atomic mass is 10.3. The van der Waals surface area contributed by atoms with E-state index in [0.29, 0.717) is 0 Å². The van der Waals surface area contributed by atoms with Crippen LogP contribution in [0.3, 0.4) is 0 Å². The quantitative estimate of drug-likeness (QED) is 0.445. The zero-order valence-electron chi connectivity index (χ0n) is 7.46. The normalized spacial score (nSPS) is 16.1. The van der Waals surface area contributed by atoms with Crippen molar-refractivity contribution in [2.24, 2.45) is 0 Å². The van der Waals surface area contributed by atoms with Gasteiger partial charge in [0.1, 0.15) is 6.61 Å². The molecule has 14 heavy (non-hydrogen) atoms. The fourth-order valence-electron chi connectivity index (χ4n) is 0.643. The van der Waals surface area contributed by atoms with Crippen molar-refractivity contribution in [1.82, 2.24) is 0 Å². The molecule has 3 N–H and O–H groups in total. The number of hydrogen-bond acceptors (Lipinski definition) is 4. The van der Waals surface area contributed by atoms with Crippen LogP contribution in [0.25, 0.3) is 0 Å². The van der Waals surface area contributed by atoms with Crippen LogP contribution < -0.4 is 0 Å². The number of rotatable bonds is 5. The zero-order chi connectivity index (χ0) is 11.4. The minimum atomic E-state index is -4.83. The average Bonchev–Trinajstić information content (AvgIpc) is 1.99. The topological polar surface area (TPSA) is 104 Å². The highest BCUT2D eigenvalue weighted by molar-refractivity contribution is 7.52. The molecule has 84 valence electrons. The van der Waals surface area contributed by atoms with Gasteiger partial charge in [0.05, 0.1) is 6.10 Å². The second-order valence-corrected chi connectivity index (χ2v) is 4.45. The lowest BCUT2D eigenvalue weighted by Gasteiger charge is -2.14. The van der Waals surface area contributed by atoms with Crippen LogP contribution in [0.1, 0.15) is 13.3 Å². The molecular formula is C6H12FO6P. The summed E-state index contributed by atoms with van der Waals surface area (Å²) in [5.74, 6) is -3.09. The van der Waals surface area contributed by atoms with Gasteiger partial charge >= 0.3 is 13.6 Å². The van der Waals surface area contributed by atoms with E-state index in [4.69, 9.17) is 14.9 Å². The number of hydrogen-bond donors (Lipinski definition) is 3. The number of carbonyl (C=O) groups is 1. The number of esters is 1. The molecule has 0 spiro atoms. The van der Waals surface area contributed by atoms with Crippen LogP contribution >= 0.6 is 7.60 Å². The number of alkyl halides is 1. The third-order valence-electron chi connectivity index (χ3n) is 1.31. The molecule has 0 bridgehead atoms. The first-order chi connectivity index (χ1) is 6.23. The van der Waals surface area contributed by atoms with Gasteiger partial charge in [-0.05, 0) is 0 Å². The molecule has 0 saturated heterocycles. The number of halogens is 1. The summed E-state index contributed by atoms with van der Waals surface area (Å²) < 4.78 is 27.2. The van der Waals surface area contributed by atoms with Gasteiger partial charge in [-0.1, -0.05) is 0 Å². The van der Waals surface area contributed by atoms with Crippen molar-refractivity contribution in [3.63, 3.8) is 0 Å². The van der Waals surface area contributed by atoms with E-state index < -0.39 is 38.6 Å². The summed E-state index contributed by atoms with van der Waals surface area (Å²) >= 11 is 0. The summed E-state index contributed by atoms with van der Waals surface area (Å²) in [5.41, 5.74) is 0. The van der Waals surface area contributed by atoms with Crippen LogP contribution in [-0.2, 0) is 14.1 Å². The predicted octanol–water partition coefficient (Wildman–Crippen LogP) is -0.226. The van der Waals surface area contributed by atoms with Gasteiger partial charge in [-0.25, -0.2) is 4.39 Å². The van der Waals surface area contributed by atoms with Gasteiger partial charge in [-0.3, -0.25) is 9.36 Å². The molecule has 1 unspecified atom stereocenters. The molecule has 0 saturated carbocycles. The van der Waals surface area contributed by atoms with Gasteiger partial charge in [0.15, 0.2) is 0 Å². The lowest BCUT2D eigenvalue weighted by Crippen LogP contribution is -2.21. The largest absolute Gasteiger partial charge is 0.463 e. The zero-order valence-corrected chi connectivity index (χ0v) is 8.35. The molecule has 0 amide bonds. The highest BCUT2D eigenvalue weighted by Crippen LogP contribution is 2.44. The van der Waals surface area contributed by atoms with Gasteiger partial charge in [0.25, 0.3) is 0 Å². The van der Waals surface area contributed by atoms with Crippen LogP contribution in [-0.4, -0.2) is 39.5 Å². The first-order valence-electron chi connectivity index (χ1n) is 3.74. The Balaban J connectivity index is 3.88. The fraction of sp³-hybridized carbons (Fsp3) is 0.833. The van der Waals surface area contributed by atoms with Crippen molar-refractivity contribution in [2.45, 2.75) is 25.4 Å². The Morgan fingerprint density at radius 3 is 2.43 bits per heavy atom. The maximum Gasteiger partial charge on any atom is 0.359 e. The van der Waals surface area contributed by atoms with Crippen LogP contribution in [0, 0.1) is 0 Å². The van der Waals surface area contributed by atoms with E-state index in [2.05, 4.69) is 4.74 Å². The van der Waals surface area contributed by atoms with E-state index in [1.54, 1.807) is 0 Å². The molecular weight excluding hydrogens is 218 g/mol. The summed E-state index contributed by atoms with van der Waals surface area (Å²) in [4.78, 5) is 26.9. The molecule has 6 nitrogen and oxygen atoms in total. The van der Waals surface area contributed by atoms with Crippen LogP contribution in [0.2, 0.25) is 0 Å². The lowest BCUT2D eigenvalue weighted by molar-refractivity contribution is -0.144. The summed E-state index contributed by atoms with van der Waals surface area (Å²) in [6, 6.07) is 0. The molecule has 0 fully saturated rings. The Kier molecular flexibility index (Phi) is 5.22. The highest BCUT2D eigenvalue weighted by atomic mass is 31.2. The summed E-state index contributed by atoms with van der Waals surface area (Å²) in [6.45, 7) is 0.623. The summed E-state index contributed by atoms with van der Waals surface area (Å²) in [7, 11) is -4.83. The van der Waals surface area contributed by atoms with Gasteiger partial charge in [0, 0.05) is 13.3 Å². The predicted molar refractivity (Wildman–Crippen MR) is 44.2 cm³/mol. The SMILES string of the molecule is CC(=O)OC[C@@H](O)CC(F)P(=O)(O)O. The first-order valence-corrected chi connectivity index (χ1v) is 5.42. The van der Waals surface area contributed by atoms with Crippen molar-refractivity contribution >= 4 is 13.6 Å². The Labute approximate surface area is 79.9 Å². The molecule has 0 aromatic rings. The van der Waals surface area contributed by atoms with Gasteiger partial charge < -0.3 is 19.6 Å². The van der Waals surface area contributed by atoms with Crippen molar-refractivity contribution in [3.05, 3.63) is 0 Å². The Morgan fingerprint density at radius 2 is 2.07 bits per heavy atom. The maximum absolute atomic E-state index is 12.6. The third-order valence-corrected chi connectivity index (χ3v) is 2.25. The molecule has 0 radical (unpaired) electrons. The second-order valence-electron chi connectivity index (χ2n) is 2.72. The molecule has 2 atom stereocenters. The smallest absolute Gasteiger partial charge is 0.359 e. The summed E-state index contributed by atoms with van der Waals surface area (Å²) in [5, 5.41) is 8.97. The van der Waals surface area contributed by atoms with Crippen molar-refractivity contribution < 1.29 is 33.4 Å². The molecule has 8 heteroatoms. The molecule has 0 aromatic carbocycles. The number of carbonyl (C=O) groups excluding carboxylic acids is 1. The number of aliphatic hydroxyl groups is 1. The molecule has 0 aliphatic heterocycles. The van der Waals surface area contributed by atoms with E-state index >= 15 is 0 Å². The fourth-order valence-corrected chi connectivity index (χ4v) is 1.16. The van der Waals surface area contributed by atoms with Crippen molar-refractivity contribution in [1.29, 1.82) is 0 Å². The highest BCUT2D eigenvalue weighted by Gasteiger charge is 2.30. The molecule has 0 aliphatic rings. The van der Waals surface area contributed by atoms with E-state index in [9.17, 15) is 13.8 Å². The number of aliphatic hydroxyl groups excluding tert-OH is 1.